The summed E-state index contributed by atoms with van der Waals surface area (Å²) >= 11 is 0. The topological polar surface area (TPSA) is 44.9 Å². The van der Waals surface area contributed by atoms with Crippen LogP contribution in [0.1, 0.15) is 30.1 Å². The number of hydrogen-bond acceptors (Lipinski definition) is 2. The first kappa shape index (κ1) is 11.8. The third kappa shape index (κ3) is 1.51. The first-order chi connectivity index (χ1) is 8.33. The molecule has 94 valence electrons. The van der Waals surface area contributed by atoms with Gasteiger partial charge in [-0.25, -0.2) is 0 Å². The van der Waals surface area contributed by atoms with Gasteiger partial charge in [0.1, 0.15) is 5.78 Å². The number of carbonyl (C=O) groups is 1. The molecule has 2 aliphatic rings. The molecule has 4 heteroatoms. The minimum atomic E-state index is 0. The lowest BCUT2D eigenvalue weighted by Gasteiger charge is -2.34. The molecule has 18 heavy (non-hydrogen) atoms. The van der Waals surface area contributed by atoms with Crippen LogP contribution < -0.4 is 5.32 Å². The highest BCUT2D eigenvalue weighted by Gasteiger charge is 2.36. The fraction of sp³-hybridized carbons (Fsp3) is 0.357. The van der Waals surface area contributed by atoms with Crippen molar-refractivity contribution in [3.05, 3.63) is 35.5 Å². The minimum Gasteiger partial charge on any atom is -0.357 e. The molecule has 1 aromatic carbocycles. The number of Topliss-reactive ketones (excluding diaryl/α,β-unsaturated/α-hetero) is 1. The molecule has 2 atom stereocenters. The molecule has 0 unspecified atom stereocenters. The maximum Gasteiger partial charge on any atom is 0.150 e. The average molecular weight is 263 g/mol. The van der Waals surface area contributed by atoms with Crippen LogP contribution >= 0.6 is 12.4 Å². The van der Waals surface area contributed by atoms with Gasteiger partial charge in [0, 0.05) is 29.1 Å². The van der Waals surface area contributed by atoms with E-state index in [1.165, 1.54) is 22.2 Å². The van der Waals surface area contributed by atoms with Crippen LogP contribution in [0.5, 0.6) is 0 Å². The number of carbonyl (C=O) groups excluding carboxylic acids is 1. The lowest BCUT2D eigenvalue weighted by Crippen LogP contribution is -2.48. The summed E-state index contributed by atoms with van der Waals surface area (Å²) in [7, 11) is 0. The second kappa shape index (κ2) is 4.11. The molecule has 2 aromatic rings. The van der Waals surface area contributed by atoms with Gasteiger partial charge < -0.3 is 4.98 Å². The van der Waals surface area contributed by atoms with Crippen molar-refractivity contribution in [1.29, 1.82) is 0 Å². The summed E-state index contributed by atoms with van der Waals surface area (Å²) in [5.41, 5.74) is 3.84. The van der Waals surface area contributed by atoms with Crippen LogP contribution in [0, 0.1) is 0 Å². The molecule has 3 heterocycles. The van der Waals surface area contributed by atoms with E-state index in [1.807, 2.05) is 0 Å². The van der Waals surface area contributed by atoms with E-state index >= 15 is 0 Å². The van der Waals surface area contributed by atoms with E-state index in [0.29, 0.717) is 11.8 Å². The quantitative estimate of drug-likeness (QED) is 0.766. The van der Waals surface area contributed by atoms with Crippen LogP contribution in [0.4, 0.5) is 0 Å². The molecule has 4 rings (SSSR count). The van der Waals surface area contributed by atoms with E-state index in [1.54, 1.807) is 0 Å². The fourth-order valence-corrected chi connectivity index (χ4v) is 3.22. The van der Waals surface area contributed by atoms with Crippen molar-refractivity contribution in [3.63, 3.8) is 0 Å². The zero-order chi connectivity index (χ0) is 11.4. The molecule has 3 nitrogen and oxygen atoms in total. The largest absolute Gasteiger partial charge is 0.357 e. The Bertz CT molecular complexity index is 619. The molecule has 0 aliphatic carbocycles. The molecule has 0 amide bonds. The SMILES string of the molecule is Cl.O=C1CC[C@@H]2N[C@H]1Cc1c2[nH]c2ccccc12. The average Bonchev–Trinajstić information content (AvgIpc) is 2.73. The first-order valence-corrected chi connectivity index (χ1v) is 6.21. The summed E-state index contributed by atoms with van der Waals surface area (Å²) in [6, 6.07) is 8.76. The Hall–Kier alpha value is -1.32. The highest BCUT2D eigenvalue weighted by molar-refractivity contribution is 5.90. The van der Waals surface area contributed by atoms with Gasteiger partial charge in [-0.05, 0) is 24.5 Å². The molecule has 0 radical (unpaired) electrons. The molecule has 1 saturated heterocycles. The Kier molecular flexibility index (Phi) is 2.68. The van der Waals surface area contributed by atoms with Crippen molar-refractivity contribution >= 4 is 29.1 Å². The van der Waals surface area contributed by atoms with Crippen molar-refractivity contribution in [2.24, 2.45) is 0 Å². The van der Waals surface area contributed by atoms with Gasteiger partial charge >= 0.3 is 0 Å². The normalized spacial score (nSPS) is 25.7. The Morgan fingerprint density at radius 3 is 2.89 bits per heavy atom. The van der Waals surface area contributed by atoms with Crippen LogP contribution in [-0.2, 0) is 11.2 Å². The standard InChI is InChI=1S/C14H14N2O.ClH/c17-13-6-5-11-14-9(7-12(13)15-11)8-3-1-2-4-10(8)16-14;/h1-4,11-12,15-16H,5-7H2;1H/t11-,12-;/m0./s1. The number of H-pyrrole nitrogens is 1. The minimum absolute atomic E-state index is 0. The number of ketones is 1. The van der Waals surface area contributed by atoms with Crippen LogP contribution in [0.15, 0.2) is 24.3 Å². The third-order valence-electron chi connectivity index (χ3n) is 4.07. The van der Waals surface area contributed by atoms with E-state index in [4.69, 9.17) is 0 Å². The molecule has 2 N–H and O–H groups in total. The number of hydrogen-bond donors (Lipinski definition) is 2. The smallest absolute Gasteiger partial charge is 0.150 e. The van der Waals surface area contributed by atoms with E-state index in [-0.39, 0.29) is 18.4 Å². The predicted molar refractivity (Wildman–Crippen MR) is 73.2 cm³/mol. The summed E-state index contributed by atoms with van der Waals surface area (Å²) in [4.78, 5) is 15.3. The highest BCUT2D eigenvalue weighted by atomic mass is 35.5. The number of piperidine rings is 1. The third-order valence-corrected chi connectivity index (χ3v) is 4.07. The number of benzene rings is 1. The lowest BCUT2D eigenvalue weighted by molar-refractivity contribution is -0.123. The molecule has 0 spiro atoms. The van der Waals surface area contributed by atoms with Crippen LogP contribution in [0.3, 0.4) is 0 Å². The number of rotatable bonds is 0. The molecular weight excluding hydrogens is 248 g/mol. The first-order valence-electron chi connectivity index (χ1n) is 6.21. The molecule has 1 fully saturated rings. The number of para-hydroxylation sites is 1. The van der Waals surface area contributed by atoms with Gasteiger partial charge in [-0.3, -0.25) is 10.1 Å². The zero-order valence-electron chi connectivity index (χ0n) is 9.90. The molecular formula is C14H15ClN2O. The summed E-state index contributed by atoms with van der Waals surface area (Å²) in [5, 5.41) is 4.72. The van der Waals surface area contributed by atoms with Crippen molar-refractivity contribution in [3.8, 4) is 0 Å². The van der Waals surface area contributed by atoms with Crippen molar-refractivity contribution in [2.75, 3.05) is 0 Å². The van der Waals surface area contributed by atoms with Crippen LogP contribution in [0.25, 0.3) is 10.9 Å². The Morgan fingerprint density at radius 2 is 2.00 bits per heavy atom. The molecule has 2 aliphatic heterocycles. The van der Waals surface area contributed by atoms with Gasteiger partial charge in [0.25, 0.3) is 0 Å². The number of halogens is 1. The Balaban J connectivity index is 0.000001000. The van der Waals surface area contributed by atoms with Crippen LogP contribution in [-0.4, -0.2) is 16.8 Å². The number of aromatic nitrogens is 1. The second-order valence-electron chi connectivity index (χ2n) is 5.04. The predicted octanol–water partition coefficient (Wildman–Crippen LogP) is 2.51. The maximum absolute atomic E-state index is 11.8. The number of aromatic amines is 1. The van der Waals surface area contributed by atoms with E-state index < -0.39 is 0 Å². The summed E-state index contributed by atoms with van der Waals surface area (Å²) in [5.74, 6) is 0.372. The maximum atomic E-state index is 11.8. The van der Waals surface area contributed by atoms with Gasteiger partial charge in [0.2, 0.25) is 0 Å². The van der Waals surface area contributed by atoms with Crippen molar-refractivity contribution in [2.45, 2.75) is 31.3 Å². The Morgan fingerprint density at radius 1 is 1.17 bits per heavy atom. The highest BCUT2D eigenvalue weighted by Crippen LogP contribution is 2.36. The van der Waals surface area contributed by atoms with Gasteiger partial charge in [-0.15, -0.1) is 12.4 Å². The van der Waals surface area contributed by atoms with E-state index in [2.05, 4.69) is 34.6 Å². The molecule has 2 bridgehead atoms. The van der Waals surface area contributed by atoms with E-state index in [9.17, 15) is 4.79 Å². The van der Waals surface area contributed by atoms with Gasteiger partial charge in [-0.2, -0.15) is 0 Å². The summed E-state index contributed by atoms with van der Waals surface area (Å²) in [6.07, 6.45) is 2.49. The van der Waals surface area contributed by atoms with Crippen molar-refractivity contribution in [1.82, 2.24) is 10.3 Å². The van der Waals surface area contributed by atoms with Crippen molar-refractivity contribution < 1.29 is 4.79 Å². The Labute approximate surface area is 111 Å². The second-order valence-corrected chi connectivity index (χ2v) is 5.04. The van der Waals surface area contributed by atoms with Gasteiger partial charge in [0.05, 0.1) is 6.04 Å². The summed E-state index contributed by atoms with van der Waals surface area (Å²) in [6.45, 7) is 0. The summed E-state index contributed by atoms with van der Waals surface area (Å²) < 4.78 is 0. The van der Waals surface area contributed by atoms with Gasteiger partial charge in [0.15, 0.2) is 0 Å². The van der Waals surface area contributed by atoms with Gasteiger partial charge in [-0.1, -0.05) is 18.2 Å². The fourth-order valence-electron chi connectivity index (χ4n) is 3.22. The number of nitrogens with one attached hydrogen (secondary N) is 2. The monoisotopic (exact) mass is 262 g/mol. The van der Waals surface area contributed by atoms with E-state index in [0.717, 1.165) is 19.3 Å². The zero-order valence-corrected chi connectivity index (χ0v) is 10.7. The lowest BCUT2D eigenvalue weighted by atomic mass is 9.84. The van der Waals surface area contributed by atoms with Crippen LogP contribution in [0.2, 0.25) is 0 Å². The molecule has 1 aromatic heterocycles. The number of fused-ring (bicyclic) bond motifs is 6. The molecule has 0 saturated carbocycles.